The molecule has 0 atom stereocenters. The van der Waals surface area contributed by atoms with E-state index in [-0.39, 0.29) is 5.97 Å². The van der Waals surface area contributed by atoms with E-state index in [1.165, 1.54) is 57.8 Å². The fraction of sp³-hybridized carbons (Fsp3) is 0.833. The topological polar surface area (TPSA) is 26.3 Å². The molecule has 0 saturated carbocycles. The largest absolute Gasteiger partial charge is 0.465 e. The van der Waals surface area contributed by atoms with Crippen LogP contribution in [0.1, 0.15) is 84.0 Å². The summed E-state index contributed by atoms with van der Waals surface area (Å²) in [4.78, 5) is 11.2. The lowest BCUT2D eigenvalue weighted by molar-refractivity contribution is -0.143. The summed E-state index contributed by atoms with van der Waals surface area (Å²) in [5.41, 5.74) is 0. The third-order valence-corrected chi connectivity index (χ3v) is 3.68. The zero-order valence-corrected chi connectivity index (χ0v) is 14.7. The minimum Gasteiger partial charge on any atom is -0.465 e. The van der Waals surface area contributed by atoms with E-state index >= 15 is 0 Å². The van der Waals surface area contributed by atoms with E-state index in [4.69, 9.17) is 4.74 Å². The molecule has 0 aliphatic heterocycles. The molecule has 0 aromatic heterocycles. The van der Waals surface area contributed by atoms with Gasteiger partial charge in [-0.05, 0) is 32.1 Å². The van der Waals surface area contributed by atoms with Crippen molar-refractivity contribution in [3.05, 3.63) is 12.2 Å². The van der Waals surface area contributed by atoms with E-state index in [9.17, 15) is 4.79 Å². The van der Waals surface area contributed by atoms with Crippen LogP contribution in [0, 0.1) is 0 Å². The van der Waals surface area contributed by atoms with Gasteiger partial charge in [0.05, 0.1) is 0 Å². The smallest absolute Gasteiger partial charge is 0.305 e. The van der Waals surface area contributed by atoms with E-state index in [0.29, 0.717) is 18.8 Å². The molecule has 3 heteroatoms. The summed E-state index contributed by atoms with van der Waals surface area (Å²) in [5.74, 6) is 0.531. The van der Waals surface area contributed by atoms with Crippen LogP contribution < -0.4 is 0 Å². The van der Waals surface area contributed by atoms with E-state index in [1.54, 1.807) is 0 Å². The highest BCUT2D eigenvalue weighted by Gasteiger charge is 2.00. The van der Waals surface area contributed by atoms with Crippen molar-refractivity contribution in [2.24, 2.45) is 0 Å². The Balaban J connectivity index is 3.16. The standard InChI is InChI=1S/C18H34O2S/c1-2-3-4-5-6-7-8-9-10-11-12-13-14-15-18(19)20-16-17-21/h8-9,21H,2-7,10-17H2,1H3/b9-8+. The van der Waals surface area contributed by atoms with Crippen LogP contribution in [0.25, 0.3) is 0 Å². The van der Waals surface area contributed by atoms with Gasteiger partial charge in [0, 0.05) is 12.2 Å². The molecule has 0 saturated heterocycles. The van der Waals surface area contributed by atoms with Gasteiger partial charge in [0.15, 0.2) is 0 Å². The lowest BCUT2D eigenvalue weighted by Crippen LogP contribution is -2.06. The number of thiol groups is 1. The number of allylic oxidation sites excluding steroid dienone is 2. The Morgan fingerprint density at radius 3 is 2.05 bits per heavy atom. The van der Waals surface area contributed by atoms with Gasteiger partial charge in [0.2, 0.25) is 0 Å². The average molecular weight is 315 g/mol. The van der Waals surface area contributed by atoms with Gasteiger partial charge in [-0.25, -0.2) is 0 Å². The summed E-state index contributed by atoms with van der Waals surface area (Å²) in [6.45, 7) is 2.69. The quantitative estimate of drug-likeness (QED) is 0.181. The Hall–Kier alpha value is -0.440. The highest BCUT2D eigenvalue weighted by Crippen LogP contribution is 2.08. The normalized spacial score (nSPS) is 11.1. The van der Waals surface area contributed by atoms with Crippen LogP contribution in [0.2, 0.25) is 0 Å². The molecule has 0 spiro atoms. The number of hydrogen-bond donors (Lipinski definition) is 1. The molecule has 0 rings (SSSR count). The third kappa shape index (κ3) is 17.5. The Labute approximate surface area is 137 Å². The molecule has 0 aromatic rings. The summed E-state index contributed by atoms with van der Waals surface area (Å²) >= 11 is 4.00. The number of hydrogen-bond acceptors (Lipinski definition) is 3. The first kappa shape index (κ1) is 20.6. The molecule has 0 aliphatic rings. The first-order valence-electron chi connectivity index (χ1n) is 8.72. The average Bonchev–Trinajstić information content (AvgIpc) is 2.49. The van der Waals surface area contributed by atoms with Crippen molar-refractivity contribution in [3.63, 3.8) is 0 Å². The highest BCUT2D eigenvalue weighted by atomic mass is 32.1. The van der Waals surface area contributed by atoms with Gasteiger partial charge in [0.1, 0.15) is 6.61 Å². The van der Waals surface area contributed by atoms with Gasteiger partial charge in [0.25, 0.3) is 0 Å². The van der Waals surface area contributed by atoms with Crippen molar-refractivity contribution in [3.8, 4) is 0 Å². The van der Waals surface area contributed by atoms with Gasteiger partial charge in [-0.2, -0.15) is 12.6 Å². The molecule has 0 aromatic carbocycles. The molecule has 0 radical (unpaired) electrons. The van der Waals surface area contributed by atoms with Crippen LogP contribution >= 0.6 is 12.6 Å². The Morgan fingerprint density at radius 2 is 1.48 bits per heavy atom. The Bertz CT molecular complexity index is 252. The maximum Gasteiger partial charge on any atom is 0.305 e. The Kier molecular flexibility index (Phi) is 17.2. The summed E-state index contributed by atoms with van der Waals surface area (Å²) in [6.07, 6.45) is 19.0. The van der Waals surface area contributed by atoms with Gasteiger partial charge in [-0.3, -0.25) is 4.79 Å². The molecule has 0 bridgehead atoms. The summed E-state index contributed by atoms with van der Waals surface area (Å²) in [5, 5.41) is 0. The van der Waals surface area contributed by atoms with Gasteiger partial charge in [-0.1, -0.05) is 57.6 Å². The third-order valence-electron chi connectivity index (χ3n) is 3.50. The molecule has 0 N–H and O–H groups in total. The molecule has 0 amide bonds. The molecule has 2 nitrogen and oxygen atoms in total. The van der Waals surface area contributed by atoms with Crippen LogP contribution in [0.4, 0.5) is 0 Å². The van der Waals surface area contributed by atoms with Gasteiger partial charge >= 0.3 is 5.97 Å². The number of carbonyl (C=O) groups is 1. The molecule has 0 fully saturated rings. The molecule has 0 unspecified atom stereocenters. The van der Waals surface area contributed by atoms with E-state index < -0.39 is 0 Å². The molecule has 0 aliphatic carbocycles. The summed E-state index contributed by atoms with van der Waals surface area (Å²) in [6, 6.07) is 0. The number of ether oxygens (including phenoxy) is 1. The monoisotopic (exact) mass is 314 g/mol. The zero-order valence-electron chi connectivity index (χ0n) is 13.8. The van der Waals surface area contributed by atoms with Crippen molar-refractivity contribution >= 4 is 18.6 Å². The fourth-order valence-corrected chi connectivity index (χ4v) is 2.31. The van der Waals surface area contributed by atoms with Crippen LogP contribution in [0.3, 0.4) is 0 Å². The first-order valence-corrected chi connectivity index (χ1v) is 9.36. The van der Waals surface area contributed by atoms with E-state index in [1.807, 2.05) is 0 Å². The second kappa shape index (κ2) is 17.6. The van der Waals surface area contributed by atoms with Crippen LogP contribution in [-0.2, 0) is 9.53 Å². The molecule has 21 heavy (non-hydrogen) atoms. The minimum absolute atomic E-state index is 0.0768. The van der Waals surface area contributed by atoms with Crippen molar-refractivity contribution in [2.75, 3.05) is 12.4 Å². The maximum atomic E-state index is 11.2. The van der Waals surface area contributed by atoms with Crippen molar-refractivity contribution in [1.82, 2.24) is 0 Å². The molecular formula is C18H34O2S. The lowest BCUT2D eigenvalue weighted by atomic mass is 10.1. The van der Waals surface area contributed by atoms with Crippen LogP contribution in [-0.4, -0.2) is 18.3 Å². The first-order chi connectivity index (χ1) is 10.3. The number of rotatable bonds is 15. The Morgan fingerprint density at radius 1 is 0.905 bits per heavy atom. The molecular weight excluding hydrogens is 280 g/mol. The van der Waals surface area contributed by atoms with E-state index in [0.717, 1.165) is 12.8 Å². The van der Waals surface area contributed by atoms with Crippen molar-refractivity contribution in [2.45, 2.75) is 84.0 Å². The maximum absolute atomic E-state index is 11.2. The van der Waals surface area contributed by atoms with E-state index in [2.05, 4.69) is 31.7 Å². The van der Waals surface area contributed by atoms with Crippen LogP contribution in [0.15, 0.2) is 12.2 Å². The lowest BCUT2D eigenvalue weighted by Gasteiger charge is -2.02. The summed E-state index contributed by atoms with van der Waals surface area (Å²) < 4.78 is 4.97. The van der Waals surface area contributed by atoms with Crippen molar-refractivity contribution < 1.29 is 9.53 Å². The number of carbonyl (C=O) groups excluding carboxylic acids is 1. The SMILES string of the molecule is CCCCCCC/C=C/CCCCCCC(=O)OCCS. The number of esters is 1. The van der Waals surface area contributed by atoms with Crippen LogP contribution in [0.5, 0.6) is 0 Å². The van der Waals surface area contributed by atoms with Crippen molar-refractivity contribution in [1.29, 1.82) is 0 Å². The zero-order chi connectivity index (χ0) is 15.6. The second-order valence-corrected chi connectivity index (χ2v) is 6.02. The van der Waals surface area contributed by atoms with Gasteiger partial charge < -0.3 is 4.74 Å². The number of unbranched alkanes of at least 4 members (excludes halogenated alkanes) is 9. The second-order valence-electron chi connectivity index (χ2n) is 5.57. The molecule has 124 valence electrons. The predicted molar refractivity (Wildman–Crippen MR) is 95.0 cm³/mol. The minimum atomic E-state index is -0.0768. The van der Waals surface area contributed by atoms with Gasteiger partial charge in [-0.15, -0.1) is 0 Å². The highest BCUT2D eigenvalue weighted by molar-refractivity contribution is 7.80. The predicted octanol–water partition coefficient (Wildman–Crippen LogP) is 5.72. The summed E-state index contributed by atoms with van der Waals surface area (Å²) in [7, 11) is 0. The molecule has 0 heterocycles. The fourth-order valence-electron chi connectivity index (χ4n) is 2.22.